The number of halogens is 4. The Kier molecular flexibility index (Phi) is 4.91. The van der Waals surface area contributed by atoms with E-state index in [0.29, 0.717) is 0 Å². The molecule has 0 aliphatic carbocycles. The van der Waals surface area contributed by atoms with E-state index in [9.17, 15) is 13.6 Å². The van der Waals surface area contributed by atoms with Gasteiger partial charge in [-0.1, -0.05) is 0 Å². The van der Waals surface area contributed by atoms with Gasteiger partial charge in [-0.2, -0.15) is 8.78 Å². The fourth-order valence-electron chi connectivity index (χ4n) is 1.11. The lowest BCUT2D eigenvalue weighted by Gasteiger charge is -2.11. The molecule has 0 spiro atoms. The number of carbonyl (C=O) groups is 1. The number of ether oxygens (including phenoxy) is 1. The van der Waals surface area contributed by atoms with Crippen LogP contribution in [-0.2, 0) is 0 Å². The van der Waals surface area contributed by atoms with Crippen molar-refractivity contribution in [2.75, 3.05) is 0 Å². The van der Waals surface area contributed by atoms with Crippen molar-refractivity contribution in [3.05, 3.63) is 27.3 Å². The molecule has 0 amide bonds. The quantitative estimate of drug-likeness (QED) is 0.465. The first kappa shape index (κ1) is 13.6. The van der Waals surface area contributed by atoms with Gasteiger partial charge in [0.15, 0.2) is 5.78 Å². The van der Waals surface area contributed by atoms with Crippen LogP contribution in [-0.4, -0.2) is 17.8 Å². The maximum absolute atomic E-state index is 12.1. The zero-order chi connectivity index (χ0) is 12.3. The average molecular weight is 361 g/mol. The molecule has 0 radical (unpaired) electrons. The lowest BCUT2D eigenvalue weighted by Crippen LogP contribution is -2.14. The number of hydrogen-bond acceptors (Lipinski definition) is 2. The van der Waals surface area contributed by atoms with E-state index in [4.69, 9.17) is 11.6 Å². The van der Waals surface area contributed by atoms with Gasteiger partial charge in [0.2, 0.25) is 0 Å². The summed E-state index contributed by atoms with van der Waals surface area (Å²) in [6.45, 7) is -1.48. The molecule has 0 aliphatic rings. The number of hydrogen-bond donors (Lipinski definition) is 0. The van der Waals surface area contributed by atoms with Gasteiger partial charge < -0.3 is 4.74 Å². The van der Waals surface area contributed by atoms with Crippen molar-refractivity contribution in [2.24, 2.45) is 0 Å². The molecule has 1 aromatic carbocycles. The van der Waals surface area contributed by atoms with Crippen LogP contribution in [0.2, 0.25) is 0 Å². The van der Waals surface area contributed by atoms with Crippen LogP contribution >= 0.6 is 34.2 Å². The molecule has 0 bridgehead atoms. The van der Waals surface area contributed by atoms with Crippen LogP contribution in [0, 0.1) is 3.57 Å². The predicted octanol–water partition coefficient (Wildman–Crippen LogP) is 3.70. The number of carbonyl (C=O) groups excluding carboxylic acids is 1. The van der Waals surface area contributed by atoms with Crippen molar-refractivity contribution in [3.63, 3.8) is 0 Å². The lowest BCUT2D eigenvalue weighted by molar-refractivity contribution is -0.0501. The highest BCUT2D eigenvalue weighted by Gasteiger charge is 2.19. The smallest absolute Gasteiger partial charge is 0.387 e. The number of rotatable bonds is 4. The van der Waals surface area contributed by atoms with Crippen LogP contribution in [0.3, 0.4) is 0 Å². The van der Waals surface area contributed by atoms with Crippen LogP contribution in [0.25, 0.3) is 0 Å². The Labute approximate surface area is 110 Å². The molecule has 6 heteroatoms. The molecule has 2 nitrogen and oxygen atoms in total. The lowest BCUT2D eigenvalue weighted by atomic mass is 10.1. The van der Waals surface area contributed by atoms with Gasteiger partial charge in [-0.15, -0.1) is 11.6 Å². The van der Waals surface area contributed by atoms with Crippen LogP contribution in [0.4, 0.5) is 8.78 Å². The molecule has 0 fully saturated rings. The zero-order valence-corrected chi connectivity index (χ0v) is 11.1. The van der Waals surface area contributed by atoms with E-state index in [1.54, 1.807) is 6.07 Å². The van der Waals surface area contributed by atoms with Gasteiger partial charge in [0.25, 0.3) is 0 Å². The van der Waals surface area contributed by atoms with Gasteiger partial charge in [0, 0.05) is 3.57 Å². The molecule has 16 heavy (non-hydrogen) atoms. The molecule has 0 saturated carbocycles. The third kappa shape index (κ3) is 3.55. The number of Topliss-reactive ketones (excluding diaryl/α,β-unsaturated/α-hetero) is 1. The standard InChI is InChI=1S/C10H8ClF2IO2/c1-5(11)9(15)7-4-6(14)2-3-8(7)16-10(12)13/h2-5,10H,1H3. The third-order valence-electron chi connectivity index (χ3n) is 1.78. The summed E-state index contributed by atoms with van der Waals surface area (Å²) in [6.07, 6.45) is 0. The molecule has 88 valence electrons. The summed E-state index contributed by atoms with van der Waals surface area (Å²) >= 11 is 7.60. The predicted molar refractivity (Wildman–Crippen MR) is 65.4 cm³/mol. The summed E-state index contributed by atoms with van der Waals surface area (Å²) in [5, 5.41) is -0.779. The minimum absolute atomic E-state index is 0.0784. The number of benzene rings is 1. The Morgan fingerprint density at radius 3 is 2.62 bits per heavy atom. The largest absolute Gasteiger partial charge is 0.434 e. The Morgan fingerprint density at radius 2 is 2.12 bits per heavy atom. The van der Waals surface area contributed by atoms with E-state index in [1.807, 2.05) is 22.6 Å². The SMILES string of the molecule is CC(Cl)C(=O)c1cc(I)ccc1OC(F)F. The maximum atomic E-state index is 12.1. The van der Waals surface area contributed by atoms with E-state index in [0.717, 1.165) is 3.57 Å². The molecule has 1 atom stereocenters. The van der Waals surface area contributed by atoms with Gasteiger partial charge in [0.05, 0.1) is 10.9 Å². The number of ketones is 1. The second-order valence-corrected chi connectivity index (χ2v) is 4.90. The molecule has 0 heterocycles. The van der Waals surface area contributed by atoms with Crippen LogP contribution in [0.1, 0.15) is 17.3 Å². The molecule has 0 saturated heterocycles. The van der Waals surface area contributed by atoms with Gasteiger partial charge in [-0.25, -0.2) is 0 Å². The van der Waals surface area contributed by atoms with E-state index < -0.39 is 17.8 Å². The second-order valence-electron chi connectivity index (χ2n) is 3.00. The van der Waals surface area contributed by atoms with Crippen LogP contribution in [0.15, 0.2) is 18.2 Å². The monoisotopic (exact) mass is 360 g/mol. The average Bonchev–Trinajstić information content (AvgIpc) is 2.18. The van der Waals surface area contributed by atoms with Crippen LogP contribution < -0.4 is 4.74 Å². The summed E-state index contributed by atoms with van der Waals surface area (Å²) in [7, 11) is 0. The van der Waals surface area contributed by atoms with E-state index in [2.05, 4.69) is 4.74 Å². The maximum Gasteiger partial charge on any atom is 0.387 e. The topological polar surface area (TPSA) is 26.3 Å². The molecule has 0 aromatic heterocycles. The first-order valence-corrected chi connectivity index (χ1v) is 5.86. The molecule has 1 rings (SSSR count). The van der Waals surface area contributed by atoms with Crippen molar-refractivity contribution in [1.82, 2.24) is 0 Å². The molecule has 1 aromatic rings. The highest BCUT2D eigenvalue weighted by Crippen LogP contribution is 2.25. The minimum atomic E-state index is -2.96. The summed E-state index contributed by atoms with van der Waals surface area (Å²) in [5.74, 6) is -0.580. The molecular weight excluding hydrogens is 352 g/mol. The van der Waals surface area contributed by atoms with Crippen molar-refractivity contribution in [3.8, 4) is 5.75 Å². The van der Waals surface area contributed by atoms with Gasteiger partial charge in [-0.05, 0) is 47.7 Å². The first-order valence-electron chi connectivity index (χ1n) is 4.34. The van der Waals surface area contributed by atoms with Crippen molar-refractivity contribution in [1.29, 1.82) is 0 Å². The summed E-state index contributed by atoms with van der Waals surface area (Å²) < 4.78 is 29.2. The van der Waals surface area contributed by atoms with Crippen LogP contribution in [0.5, 0.6) is 5.75 Å². The summed E-state index contributed by atoms with van der Waals surface area (Å²) in [5.41, 5.74) is 0.0784. The van der Waals surface area contributed by atoms with E-state index >= 15 is 0 Å². The number of alkyl halides is 3. The van der Waals surface area contributed by atoms with E-state index in [-0.39, 0.29) is 11.3 Å². The van der Waals surface area contributed by atoms with Crippen molar-refractivity contribution in [2.45, 2.75) is 18.9 Å². The Bertz CT molecular complexity index is 396. The molecule has 0 aliphatic heterocycles. The Morgan fingerprint density at radius 1 is 1.50 bits per heavy atom. The fraction of sp³-hybridized carbons (Fsp3) is 0.300. The molecule has 0 N–H and O–H groups in total. The van der Waals surface area contributed by atoms with Gasteiger partial charge >= 0.3 is 6.61 Å². The second kappa shape index (κ2) is 5.77. The van der Waals surface area contributed by atoms with Crippen molar-refractivity contribution >= 4 is 40.0 Å². The Hall–Kier alpha value is -0.430. The first-order chi connectivity index (χ1) is 7.41. The van der Waals surface area contributed by atoms with E-state index in [1.165, 1.54) is 19.1 Å². The van der Waals surface area contributed by atoms with Gasteiger partial charge in [-0.3, -0.25) is 4.79 Å². The molecule has 1 unspecified atom stereocenters. The highest BCUT2D eigenvalue weighted by molar-refractivity contribution is 14.1. The summed E-state index contributed by atoms with van der Waals surface area (Å²) in [6, 6.07) is 4.38. The third-order valence-corrected chi connectivity index (χ3v) is 2.65. The zero-order valence-electron chi connectivity index (χ0n) is 8.22. The minimum Gasteiger partial charge on any atom is -0.434 e. The Balaban J connectivity index is 3.12. The molecular formula is C10H8ClF2IO2. The van der Waals surface area contributed by atoms with Gasteiger partial charge in [0.1, 0.15) is 5.75 Å². The normalized spacial score (nSPS) is 12.6. The van der Waals surface area contributed by atoms with Crippen molar-refractivity contribution < 1.29 is 18.3 Å². The fourth-order valence-corrected chi connectivity index (χ4v) is 1.72. The highest BCUT2D eigenvalue weighted by atomic mass is 127. The summed E-state index contributed by atoms with van der Waals surface area (Å²) in [4.78, 5) is 11.6.